The second kappa shape index (κ2) is 9.44. The predicted octanol–water partition coefficient (Wildman–Crippen LogP) is 5.27. The van der Waals surface area contributed by atoms with Gasteiger partial charge in [-0.25, -0.2) is 4.79 Å². The van der Waals surface area contributed by atoms with Crippen molar-refractivity contribution >= 4 is 23.4 Å². The molecule has 0 saturated carbocycles. The van der Waals surface area contributed by atoms with Gasteiger partial charge in [-0.15, -0.1) is 10.2 Å². The van der Waals surface area contributed by atoms with E-state index < -0.39 is 11.7 Å². The number of fused-ring (bicyclic) bond motifs is 1. The van der Waals surface area contributed by atoms with Gasteiger partial charge in [-0.05, 0) is 70.0 Å². The van der Waals surface area contributed by atoms with Gasteiger partial charge in [-0.1, -0.05) is 18.6 Å². The van der Waals surface area contributed by atoms with Crippen LogP contribution in [0, 0.1) is 0 Å². The van der Waals surface area contributed by atoms with Crippen molar-refractivity contribution in [2.75, 3.05) is 10.6 Å². The van der Waals surface area contributed by atoms with Crippen LogP contribution in [0.3, 0.4) is 0 Å². The van der Waals surface area contributed by atoms with Crippen LogP contribution in [0.1, 0.15) is 56.2 Å². The smallest absolute Gasteiger partial charge is 0.412 e. The molecule has 2 amide bonds. The number of aryl methyl sites for hydroxylation is 1. The molecule has 2 N–H and O–H groups in total. The van der Waals surface area contributed by atoms with Gasteiger partial charge in [-0.3, -0.25) is 10.1 Å². The number of carbonyl (C=O) groups excluding carboxylic acids is 2. The third kappa shape index (κ3) is 5.77. The van der Waals surface area contributed by atoms with Crippen LogP contribution in [0.2, 0.25) is 0 Å². The molecule has 4 rings (SSSR count). The van der Waals surface area contributed by atoms with Crippen LogP contribution in [-0.4, -0.2) is 32.4 Å². The van der Waals surface area contributed by atoms with Crippen molar-refractivity contribution in [3.8, 4) is 11.4 Å². The van der Waals surface area contributed by atoms with E-state index in [9.17, 15) is 9.59 Å². The van der Waals surface area contributed by atoms with Gasteiger partial charge in [0.2, 0.25) is 0 Å². The Morgan fingerprint density at radius 1 is 0.939 bits per heavy atom. The second-order valence-electron chi connectivity index (χ2n) is 9.14. The summed E-state index contributed by atoms with van der Waals surface area (Å²) in [6, 6.07) is 14.3. The topological polar surface area (TPSA) is 98.1 Å². The summed E-state index contributed by atoms with van der Waals surface area (Å²) in [6.45, 7) is 6.31. The van der Waals surface area contributed by atoms with Gasteiger partial charge < -0.3 is 14.6 Å². The van der Waals surface area contributed by atoms with Crippen LogP contribution in [-0.2, 0) is 17.7 Å². The van der Waals surface area contributed by atoms with E-state index in [1.165, 1.54) is 6.42 Å². The number of hydrogen-bond donors (Lipinski definition) is 2. The van der Waals surface area contributed by atoms with Gasteiger partial charge in [0, 0.05) is 35.5 Å². The number of nitrogens with zero attached hydrogens (tertiary/aromatic N) is 3. The van der Waals surface area contributed by atoms with Gasteiger partial charge in [-0.2, -0.15) is 0 Å². The molecule has 0 unspecified atom stereocenters. The third-order valence-corrected chi connectivity index (χ3v) is 5.28. The molecular weight excluding hydrogens is 418 g/mol. The first-order valence-corrected chi connectivity index (χ1v) is 11.2. The third-order valence-electron chi connectivity index (χ3n) is 5.28. The molecule has 33 heavy (non-hydrogen) atoms. The summed E-state index contributed by atoms with van der Waals surface area (Å²) in [7, 11) is 0. The average Bonchev–Trinajstić information content (AvgIpc) is 3.01. The molecule has 3 aromatic rings. The van der Waals surface area contributed by atoms with E-state index in [0.29, 0.717) is 16.9 Å². The van der Waals surface area contributed by atoms with Crippen LogP contribution in [0.25, 0.3) is 11.4 Å². The summed E-state index contributed by atoms with van der Waals surface area (Å²) in [4.78, 5) is 24.7. The summed E-state index contributed by atoms with van der Waals surface area (Å²) in [5.74, 6) is 1.62. The van der Waals surface area contributed by atoms with Crippen LogP contribution < -0.4 is 10.6 Å². The Kier molecular flexibility index (Phi) is 6.44. The van der Waals surface area contributed by atoms with Gasteiger partial charge in [0.25, 0.3) is 5.91 Å². The first-order chi connectivity index (χ1) is 15.8. The number of amides is 2. The van der Waals surface area contributed by atoms with E-state index in [2.05, 4.69) is 25.4 Å². The molecule has 1 aliphatic rings. The molecule has 1 aliphatic heterocycles. The Labute approximate surface area is 193 Å². The molecule has 2 heterocycles. The minimum Gasteiger partial charge on any atom is -0.444 e. The molecule has 0 bridgehead atoms. The molecule has 8 heteroatoms. The largest absolute Gasteiger partial charge is 0.444 e. The molecule has 0 atom stereocenters. The molecule has 172 valence electrons. The summed E-state index contributed by atoms with van der Waals surface area (Å²) in [6.07, 6.45) is 3.86. The number of ether oxygens (including phenoxy) is 1. The fraction of sp³-hybridized carbons (Fsp3) is 0.360. The molecule has 0 saturated heterocycles. The lowest BCUT2D eigenvalue weighted by molar-refractivity contribution is 0.0636. The standard InChI is InChI=1S/C25H29N5O3/c1-25(2,3)33-24(32)27-19-13-11-17(12-14-19)23(31)26-20-9-7-8-18(16-20)22-29-28-21-10-5-4-6-15-30(21)22/h7-9,11-14,16H,4-6,10,15H2,1-3H3,(H,26,31)(H,27,32). The fourth-order valence-electron chi connectivity index (χ4n) is 3.76. The Morgan fingerprint density at radius 3 is 2.48 bits per heavy atom. The first kappa shape index (κ1) is 22.5. The van der Waals surface area contributed by atoms with E-state index in [1.54, 1.807) is 45.0 Å². The van der Waals surface area contributed by atoms with E-state index in [0.717, 1.165) is 43.0 Å². The monoisotopic (exact) mass is 447 g/mol. The van der Waals surface area contributed by atoms with Crippen LogP contribution >= 0.6 is 0 Å². The van der Waals surface area contributed by atoms with Crippen molar-refractivity contribution in [3.05, 3.63) is 59.9 Å². The molecule has 0 fully saturated rings. The zero-order chi connectivity index (χ0) is 23.4. The van der Waals surface area contributed by atoms with E-state index in [4.69, 9.17) is 4.74 Å². The van der Waals surface area contributed by atoms with Crippen molar-refractivity contribution in [3.63, 3.8) is 0 Å². The fourth-order valence-corrected chi connectivity index (χ4v) is 3.76. The van der Waals surface area contributed by atoms with E-state index >= 15 is 0 Å². The molecule has 0 spiro atoms. The maximum absolute atomic E-state index is 12.8. The number of carbonyl (C=O) groups is 2. The highest BCUT2D eigenvalue weighted by Crippen LogP contribution is 2.25. The van der Waals surface area contributed by atoms with Gasteiger partial charge in [0.1, 0.15) is 11.4 Å². The summed E-state index contributed by atoms with van der Waals surface area (Å²) < 4.78 is 7.43. The SMILES string of the molecule is CC(C)(C)OC(=O)Nc1ccc(C(=O)Nc2cccc(-c3nnc4n3CCCCC4)c2)cc1. The molecule has 2 aromatic carbocycles. The van der Waals surface area contributed by atoms with Crippen LogP contribution in [0.15, 0.2) is 48.5 Å². The first-order valence-electron chi connectivity index (χ1n) is 11.2. The van der Waals surface area contributed by atoms with Crippen molar-refractivity contribution in [1.29, 1.82) is 0 Å². The number of aromatic nitrogens is 3. The summed E-state index contributed by atoms with van der Waals surface area (Å²) >= 11 is 0. The number of hydrogen-bond acceptors (Lipinski definition) is 5. The van der Waals surface area contributed by atoms with Crippen molar-refractivity contribution in [2.45, 2.75) is 58.6 Å². The van der Waals surface area contributed by atoms with E-state index in [-0.39, 0.29) is 5.91 Å². The van der Waals surface area contributed by atoms with E-state index in [1.807, 2.05) is 24.3 Å². The van der Waals surface area contributed by atoms with Crippen molar-refractivity contribution < 1.29 is 14.3 Å². The summed E-state index contributed by atoms with van der Waals surface area (Å²) in [5.41, 5.74) is 2.05. The zero-order valence-corrected chi connectivity index (χ0v) is 19.2. The van der Waals surface area contributed by atoms with Crippen molar-refractivity contribution in [2.24, 2.45) is 0 Å². The molecule has 8 nitrogen and oxygen atoms in total. The molecule has 1 aromatic heterocycles. The number of benzene rings is 2. The molecule has 0 aliphatic carbocycles. The Balaban J connectivity index is 1.43. The quantitative estimate of drug-likeness (QED) is 0.568. The Bertz CT molecular complexity index is 1150. The zero-order valence-electron chi connectivity index (χ0n) is 19.2. The minimum absolute atomic E-state index is 0.240. The van der Waals surface area contributed by atoms with Gasteiger partial charge in [0.15, 0.2) is 5.82 Å². The van der Waals surface area contributed by atoms with Gasteiger partial charge >= 0.3 is 6.09 Å². The highest BCUT2D eigenvalue weighted by Gasteiger charge is 2.18. The highest BCUT2D eigenvalue weighted by molar-refractivity contribution is 6.04. The van der Waals surface area contributed by atoms with Crippen LogP contribution in [0.5, 0.6) is 0 Å². The second-order valence-corrected chi connectivity index (χ2v) is 9.14. The van der Waals surface area contributed by atoms with Crippen molar-refractivity contribution in [1.82, 2.24) is 14.8 Å². The minimum atomic E-state index is -0.580. The molecule has 0 radical (unpaired) electrons. The number of nitrogens with one attached hydrogen (secondary N) is 2. The van der Waals surface area contributed by atoms with Gasteiger partial charge in [0.05, 0.1) is 0 Å². The molecular formula is C25H29N5O3. The Morgan fingerprint density at radius 2 is 1.73 bits per heavy atom. The lowest BCUT2D eigenvalue weighted by Crippen LogP contribution is -2.27. The predicted molar refractivity (Wildman–Crippen MR) is 127 cm³/mol. The lowest BCUT2D eigenvalue weighted by Gasteiger charge is -2.19. The normalized spacial score (nSPS) is 13.5. The average molecular weight is 448 g/mol. The Hall–Kier alpha value is -3.68. The summed E-state index contributed by atoms with van der Waals surface area (Å²) in [5, 5.41) is 14.4. The highest BCUT2D eigenvalue weighted by atomic mass is 16.6. The van der Waals surface area contributed by atoms with Crippen LogP contribution in [0.4, 0.5) is 16.2 Å². The number of anilines is 2. The maximum Gasteiger partial charge on any atom is 0.412 e. The maximum atomic E-state index is 12.8. The lowest BCUT2D eigenvalue weighted by atomic mass is 10.1. The number of rotatable bonds is 4.